The summed E-state index contributed by atoms with van der Waals surface area (Å²) in [6.07, 6.45) is -18.7. The van der Waals surface area contributed by atoms with Crippen LogP contribution in [0.25, 0.3) is 0 Å². The fourth-order valence-electron chi connectivity index (χ4n) is 9.99. The van der Waals surface area contributed by atoms with Crippen molar-refractivity contribution in [1.29, 1.82) is 0 Å². The van der Waals surface area contributed by atoms with Gasteiger partial charge in [-0.3, -0.25) is 18.7 Å². The van der Waals surface area contributed by atoms with E-state index in [2.05, 4.69) is 25.7 Å². The van der Waals surface area contributed by atoms with Gasteiger partial charge in [0.05, 0.1) is 53.2 Å². The maximum absolute atomic E-state index is 13.4. The molecule has 0 spiro atoms. The minimum Gasteiger partial charge on any atom is -0.400 e. The van der Waals surface area contributed by atoms with Gasteiger partial charge in [0, 0.05) is 19.1 Å². The Balaban J connectivity index is 0.000000250. The van der Waals surface area contributed by atoms with Crippen LogP contribution in [0.3, 0.4) is 0 Å². The number of benzene rings is 4. The summed E-state index contributed by atoms with van der Waals surface area (Å²) in [6, 6.07) is 20.6. The van der Waals surface area contributed by atoms with Gasteiger partial charge in [-0.25, -0.2) is 19.8 Å². The Hall–Kier alpha value is -7.30. The van der Waals surface area contributed by atoms with E-state index in [4.69, 9.17) is 26.0 Å². The molecule has 1 aliphatic carbocycles. The Bertz CT molecular complexity index is 2900. The Kier molecular flexibility index (Phi) is 18.4. The molecule has 6 aromatic rings. The standard InChI is InChI=1S/C26H26F6N4O3.C25H25F6N5O3.CH4O/c1-16(17-11-19(25(27,28)29)13-20(12-17)26(30,31)32)39-14-23(18-5-3-2-4-6-18)7-9-24(10-8-23,21(33)37)36-15-34-35-22(36)38;1-15(16-9-18(24(26,27)28)11-19(10-16)25(29,30)31)39-13-22(17-5-3-2-4-6-17)7-8-23(12-33-22,20(32)37)36-14-34-35-21(36)38;1-2/h2-6,11-13,15-16H,7-10,14H2,1H3,(H2,33,37)(H,35,38);2-6,9-11,14-15,33H,7-8,12-13H2,1H3,(H2,32,37)(H,35,38);2H,1H3/t16-,23?,24?;15-,22-,23+;/m11./s1. The minimum atomic E-state index is -4.99. The number of nitrogens with one attached hydrogen (secondary N) is 3. The number of H-pyrrole nitrogens is 2. The predicted molar refractivity (Wildman–Crippen MR) is 262 cm³/mol. The molecule has 4 aromatic carbocycles. The first-order chi connectivity index (χ1) is 37.4. The van der Waals surface area contributed by atoms with Crippen LogP contribution < -0.4 is 28.2 Å². The summed E-state index contributed by atoms with van der Waals surface area (Å²) in [5, 5.41) is 22.1. The van der Waals surface area contributed by atoms with Crippen molar-refractivity contribution in [3.8, 4) is 0 Å². The highest BCUT2D eigenvalue weighted by molar-refractivity contribution is 5.83. The Morgan fingerprint density at radius 2 is 0.925 bits per heavy atom. The summed E-state index contributed by atoms with van der Waals surface area (Å²) in [5.74, 6) is -1.50. The number of aliphatic hydroxyl groups is 1. The molecule has 80 heavy (non-hydrogen) atoms. The number of nitrogens with two attached hydrogens (primary N) is 2. The number of primary amides is 2. The number of hydrogen-bond acceptors (Lipinski definition) is 10. The summed E-state index contributed by atoms with van der Waals surface area (Å²) >= 11 is 0. The van der Waals surface area contributed by atoms with Crippen LogP contribution in [0, 0.1) is 0 Å². The lowest BCUT2D eigenvalue weighted by atomic mass is 9.64. The van der Waals surface area contributed by atoms with Crippen LogP contribution in [0.4, 0.5) is 52.7 Å². The molecule has 1 saturated carbocycles. The second-order valence-corrected chi connectivity index (χ2v) is 19.4. The number of carbonyl (C=O) groups excluding carboxylic acids is 2. The molecule has 3 heterocycles. The van der Waals surface area contributed by atoms with E-state index >= 15 is 0 Å². The van der Waals surface area contributed by atoms with Gasteiger partial charge >= 0.3 is 36.1 Å². The molecular formula is C52H55F12N9O7. The zero-order valence-electron chi connectivity index (χ0n) is 42.8. The van der Waals surface area contributed by atoms with Crippen LogP contribution in [-0.4, -0.2) is 73.3 Å². The van der Waals surface area contributed by atoms with Crippen LogP contribution in [0.5, 0.6) is 0 Å². The molecule has 2 amide bonds. The summed E-state index contributed by atoms with van der Waals surface area (Å²) in [4.78, 5) is 49.6. The number of rotatable bonds is 14. The van der Waals surface area contributed by atoms with E-state index in [1.807, 2.05) is 12.1 Å². The van der Waals surface area contributed by atoms with Crippen molar-refractivity contribution < 1.29 is 76.9 Å². The fourth-order valence-corrected chi connectivity index (χ4v) is 9.99. The van der Waals surface area contributed by atoms with E-state index in [9.17, 15) is 71.9 Å². The molecular weight excluding hydrogens is 1090 g/mol. The summed E-state index contributed by atoms with van der Waals surface area (Å²) in [6.45, 7) is 2.39. The predicted octanol–water partition coefficient (Wildman–Crippen LogP) is 8.53. The van der Waals surface area contributed by atoms with Gasteiger partial charge in [0.2, 0.25) is 11.8 Å². The molecule has 8 rings (SSSR count). The number of amides is 2. The number of halogens is 12. The highest BCUT2D eigenvalue weighted by Gasteiger charge is 2.51. The van der Waals surface area contributed by atoms with Crippen LogP contribution >= 0.6 is 0 Å². The van der Waals surface area contributed by atoms with E-state index in [0.29, 0.717) is 42.7 Å². The third kappa shape index (κ3) is 13.3. The molecule has 0 bridgehead atoms. The van der Waals surface area contributed by atoms with Gasteiger partial charge in [-0.1, -0.05) is 60.7 Å². The number of hydrogen-bond donors (Lipinski definition) is 6. The third-order valence-corrected chi connectivity index (χ3v) is 14.7. The largest absolute Gasteiger partial charge is 0.416 e. The zero-order chi connectivity index (χ0) is 59.3. The molecule has 28 heteroatoms. The molecule has 434 valence electrons. The van der Waals surface area contributed by atoms with Crippen molar-refractivity contribution in [3.05, 3.63) is 175 Å². The molecule has 16 nitrogen and oxygen atoms in total. The van der Waals surface area contributed by atoms with Gasteiger partial charge in [-0.15, -0.1) is 0 Å². The van der Waals surface area contributed by atoms with Gasteiger partial charge in [-0.2, -0.15) is 62.9 Å². The maximum Gasteiger partial charge on any atom is 0.416 e. The SMILES string of the molecule is CO.C[C@@H](OCC1(c2ccccc2)CCC(C(N)=O)(n2cn[nH]c2=O)CC1)c1cc(C(F)(F)F)cc(C(F)(F)F)c1.C[C@@H](OC[C@@]1(c2ccccc2)CC[C@](C(N)=O)(n2cn[nH]c2=O)CN1)c1cc(C(F)(F)F)cc(C(F)(F)F)c1. The molecule has 8 N–H and O–H groups in total. The quantitative estimate of drug-likeness (QED) is 0.0568. The van der Waals surface area contributed by atoms with Crippen molar-refractivity contribution >= 4 is 11.8 Å². The number of alkyl halides is 12. The first-order valence-corrected chi connectivity index (χ1v) is 24.3. The third-order valence-electron chi connectivity index (χ3n) is 14.7. The minimum absolute atomic E-state index is 0.0611. The van der Waals surface area contributed by atoms with Gasteiger partial charge in [-0.05, 0) is 111 Å². The van der Waals surface area contributed by atoms with Gasteiger partial charge < -0.3 is 31.4 Å². The highest BCUT2D eigenvalue weighted by Crippen LogP contribution is 2.48. The summed E-state index contributed by atoms with van der Waals surface area (Å²) < 4.78 is 174. The van der Waals surface area contributed by atoms with Crippen molar-refractivity contribution in [2.75, 3.05) is 26.9 Å². The van der Waals surface area contributed by atoms with Crippen LogP contribution in [0.1, 0.15) is 109 Å². The van der Waals surface area contributed by atoms with E-state index in [0.717, 1.165) is 28.1 Å². The van der Waals surface area contributed by atoms with Crippen LogP contribution in [0.2, 0.25) is 0 Å². The number of carbonyl (C=O) groups is 2. The number of ether oxygens (including phenoxy) is 2. The van der Waals surface area contributed by atoms with Crippen molar-refractivity contribution in [1.82, 2.24) is 34.8 Å². The number of aromatic nitrogens is 6. The Morgan fingerprint density at radius 3 is 1.26 bits per heavy atom. The monoisotopic (exact) mass is 1150 g/mol. The topological polar surface area (TPSA) is 238 Å². The smallest absolute Gasteiger partial charge is 0.400 e. The Labute approximate surface area is 447 Å². The average Bonchev–Trinajstić information content (AvgIpc) is 4.07. The lowest BCUT2D eigenvalue weighted by Crippen LogP contribution is -2.64. The number of nitrogens with zero attached hydrogens (tertiary/aromatic N) is 4. The van der Waals surface area contributed by atoms with Crippen LogP contribution in [-0.2, 0) is 65.8 Å². The molecule has 4 atom stereocenters. The van der Waals surface area contributed by atoms with Crippen molar-refractivity contribution in [3.63, 3.8) is 0 Å². The number of piperidine rings is 1. The fraction of sp³-hybridized carbons (Fsp3) is 0.423. The summed E-state index contributed by atoms with van der Waals surface area (Å²) in [7, 11) is 1.00. The molecule has 1 saturated heterocycles. The zero-order valence-corrected chi connectivity index (χ0v) is 42.8. The first-order valence-electron chi connectivity index (χ1n) is 24.3. The van der Waals surface area contributed by atoms with Gasteiger partial charge in [0.1, 0.15) is 23.7 Å². The lowest BCUT2D eigenvalue weighted by molar-refractivity contribution is -0.145. The maximum atomic E-state index is 13.4. The summed E-state index contributed by atoms with van der Waals surface area (Å²) in [5.41, 5.74) is 0.843. The van der Waals surface area contributed by atoms with E-state index in [1.54, 1.807) is 48.5 Å². The second kappa shape index (κ2) is 23.8. The number of aliphatic hydroxyl groups excluding tert-OH is 1. The lowest BCUT2D eigenvalue weighted by Gasteiger charge is -2.46. The van der Waals surface area contributed by atoms with Gasteiger partial charge in [0.15, 0.2) is 0 Å². The molecule has 0 unspecified atom stereocenters. The molecule has 2 fully saturated rings. The van der Waals surface area contributed by atoms with Crippen molar-refractivity contribution in [2.45, 2.75) is 111 Å². The van der Waals surface area contributed by atoms with Gasteiger partial charge in [0.25, 0.3) is 0 Å². The van der Waals surface area contributed by atoms with Crippen LogP contribution in [0.15, 0.2) is 119 Å². The second-order valence-electron chi connectivity index (χ2n) is 19.4. The normalized spacial score (nSPS) is 22.4. The first kappa shape index (κ1) is 61.9. The van der Waals surface area contributed by atoms with Crippen molar-refractivity contribution in [2.24, 2.45) is 11.5 Å². The molecule has 1 aliphatic heterocycles. The van der Waals surface area contributed by atoms with E-state index in [1.165, 1.54) is 20.2 Å². The Morgan fingerprint density at radius 1 is 0.562 bits per heavy atom. The molecule has 2 aliphatic rings. The van der Waals surface area contributed by atoms with E-state index < -0.39 is 104 Å². The van der Waals surface area contributed by atoms with E-state index in [-0.39, 0.29) is 68.7 Å². The number of aromatic amines is 2. The molecule has 2 aromatic heterocycles. The highest BCUT2D eigenvalue weighted by atomic mass is 19.4. The molecule has 0 radical (unpaired) electrons. The average molecular weight is 1150 g/mol.